The van der Waals surface area contributed by atoms with Crippen LogP contribution in [0.3, 0.4) is 0 Å². The molecular formula is C17H21KN2O4. The first-order chi connectivity index (χ1) is 11.0. The van der Waals surface area contributed by atoms with Crippen molar-refractivity contribution in [1.29, 1.82) is 0 Å². The number of aliphatic carboxylic acids is 1. The second kappa shape index (κ2) is 8.29. The van der Waals surface area contributed by atoms with Crippen molar-refractivity contribution in [2.75, 3.05) is 13.2 Å². The summed E-state index contributed by atoms with van der Waals surface area (Å²) in [5, 5.41) is 14.2. The molecule has 6 nitrogen and oxygen atoms in total. The van der Waals surface area contributed by atoms with E-state index in [0.717, 1.165) is 17.5 Å². The van der Waals surface area contributed by atoms with Gasteiger partial charge in [-0.05, 0) is 42.9 Å². The molecule has 0 aliphatic carbocycles. The normalized spacial score (nSPS) is 22.5. The van der Waals surface area contributed by atoms with Crippen LogP contribution in [0, 0.1) is 0 Å². The predicted octanol–water partition coefficient (Wildman–Crippen LogP) is -2.42. The Balaban J connectivity index is 0.00000208. The number of hydrogen-bond acceptors (Lipinski definition) is 4. The van der Waals surface area contributed by atoms with Gasteiger partial charge in [0.25, 0.3) is 0 Å². The molecule has 2 aliphatic heterocycles. The molecule has 0 saturated carbocycles. The monoisotopic (exact) mass is 356 g/mol. The number of carboxylic acid groups (broad SMARTS) is 1. The van der Waals surface area contributed by atoms with Crippen LogP contribution in [0.1, 0.15) is 36.5 Å². The first-order valence-electron chi connectivity index (χ1n) is 7.96. The number of nitrogens with zero attached hydrogens (tertiary/aromatic N) is 1. The topological polar surface area (TPSA) is 81.7 Å². The molecule has 0 radical (unpaired) electrons. The van der Waals surface area contributed by atoms with E-state index in [0.29, 0.717) is 39.1 Å². The van der Waals surface area contributed by atoms with Crippen molar-refractivity contribution in [3.63, 3.8) is 0 Å². The van der Waals surface area contributed by atoms with Gasteiger partial charge in [-0.15, -0.1) is 0 Å². The number of ether oxygens (including phenoxy) is 1. The van der Waals surface area contributed by atoms with Gasteiger partial charge in [0.2, 0.25) is 0 Å². The molecule has 0 bridgehead atoms. The minimum Gasteiger partial charge on any atom is -0.548 e. The van der Waals surface area contributed by atoms with Crippen molar-refractivity contribution in [2.24, 2.45) is 0 Å². The summed E-state index contributed by atoms with van der Waals surface area (Å²) in [6, 6.07) is 5.63. The van der Waals surface area contributed by atoms with E-state index in [1.807, 2.05) is 18.2 Å². The summed E-state index contributed by atoms with van der Waals surface area (Å²) in [5.41, 5.74) is 2.23. The van der Waals surface area contributed by atoms with Crippen molar-refractivity contribution in [2.45, 2.75) is 44.9 Å². The molecule has 1 aromatic carbocycles. The second-order valence-electron chi connectivity index (χ2n) is 6.33. The summed E-state index contributed by atoms with van der Waals surface area (Å²) in [6.45, 7) is 3.67. The summed E-state index contributed by atoms with van der Waals surface area (Å²) >= 11 is 0. The van der Waals surface area contributed by atoms with Crippen LogP contribution in [0.15, 0.2) is 18.2 Å². The number of nitrogens with one attached hydrogen (secondary N) is 1. The smallest absolute Gasteiger partial charge is 0.548 e. The third-order valence-corrected chi connectivity index (χ3v) is 4.88. The number of carbonyl (C=O) groups is 2. The maximum absolute atomic E-state index is 12.4. The van der Waals surface area contributed by atoms with Crippen molar-refractivity contribution in [3.8, 4) is 0 Å². The zero-order chi connectivity index (χ0) is 16.4. The molecule has 2 aliphatic rings. The Morgan fingerprint density at radius 3 is 2.96 bits per heavy atom. The van der Waals surface area contributed by atoms with E-state index in [-0.39, 0.29) is 57.4 Å². The van der Waals surface area contributed by atoms with Crippen LogP contribution in [-0.2, 0) is 29.1 Å². The Hall–Kier alpha value is -0.444. The van der Waals surface area contributed by atoms with Gasteiger partial charge in [0.05, 0.1) is 24.7 Å². The van der Waals surface area contributed by atoms with Crippen molar-refractivity contribution in [3.05, 3.63) is 34.9 Å². The van der Waals surface area contributed by atoms with Crippen LogP contribution < -0.4 is 61.8 Å². The molecule has 2 heterocycles. The Morgan fingerprint density at radius 1 is 1.42 bits per heavy atom. The number of hydrogen-bond donors (Lipinski definition) is 1. The number of benzene rings is 1. The molecule has 24 heavy (non-hydrogen) atoms. The molecule has 1 atom stereocenters. The summed E-state index contributed by atoms with van der Waals surface area (Å²) in [6.07, 6.45) is 1.94. The van der Waals surface area contributed by atoms with Gasteiger partial charge in [-0.1, -0.05) is 18.2 Å². The number of fused-ring (bicyclic) bond motifs is 1. The van der Waals surface area contributed by atoms with Crippen molar-refractivity contribution >= 4 is 12.0 Å². The Kier molecular flexibility index (Phi) is 6.87. The fourth-order valence-electron chi connectivity index (χ4n) is 3.43. The van der Waals surface area contributed by atoms with Crippen LogP contribution >= 0.6 is 0 Å². The van der Waals surface area contributed by atoms with Crippen LogP contribution in [0.5, 0.6) is 0 Å². The molecule has 1 N–H and O–H groups in total. The average molecular weight is 356 g/mol. The van der Waals surface area contributed by atoms with E-state index in [4.69, 9.17) is 4.74 Å². The Bertz CT molecular complexity index is 637. The van der Waals surface area contributed by atoms with E-state index < -0.39 is 11.5 Å². The van der Waals surface area contributed by atoms with E-state index in [9.17, 15) is 14.7 Å². The van der Waals surface area contributed by atoms with Gasteiger partial charge in [-0.25, -0.2) is 4.79 Å². The van der Waals surface area contributed by atoms with E-state index in [2.05, 4.69) is 5.32 Å². The standard InChI is InChI=1S/C17H22N2O4.K/c1-17(15(20)21)7-3-8-19(17)16(22)18-10-12-4-2-5-13-11-23-9-6-14(12)13;/h2,4-5H,3,6-11H2,1H3,(H,18,22)(H,20,21);/q;+1/p-1. The molecular weight excluding hydrogens is 335 g/mol. The van der Waals surface area contributed by atoms with Gasteiger partial charge in [0.1, 0.15) is 0 Å². The predicted molar refractivity (Wildman–Crippen MR) is 81.4 cm³/mol. The summed E-state index contributed by atoms with van der Waals surface area (Å²) < 4.78 is 5.44. The SMILES string of the molecule is CC1(C(=O)[O-])CCCN1C(=O)NCc1cccc2c1CCOC2.[K+]. The Labute approximate surface area is 184 Å². The number of urea groups is 1. The maximum atomic E-state index is 12.4. The van der Waals surface area contributed by atoms with Crippen molar-refractivity contribution < 1.29 is 70.8 Å². The molecule has 1 unspecified atom stereocenters. The minimum absolute atomic E-state index is 0. The van der Waals surface area contributed by atoms with Crippen LogP contribution in [0.25, 0.3) is 0 Å². The molecule has 124 valence electrons. The summed E-state index contributed by atoms with van der Waals surface area (Å²) in [7, 11) is 0. The van der Waals surface area contributed by atoms with Crippen molar-refractivity contribution in [1.82, 2.24) is 10.2 Å². The average Bonchev–Trinajstić information content (AvgIpc) is 2.96. The van der Waals surface area contributed by atoms with Gasteiger partial charge in [0.15, 0.2) is 0 Å². The fraction of sp³-hybridized carbons (Fsp3) is 0.529. The van der Waals surface area contributed by atoms with Crippen LogP contribution in [0.4, 0.5) is 4.79 Å². The number of likely N-dealkylation sites (tertiary alicyclic amines) is 1. The molecule has 1 fully saturated rings. The summed E-state index contributed by atoms with van der Waals surface area (Å²) in [5.74, 6) is -1.20. The third-order valence-electron chi connectivity index (χ3n) is 4.88. The van der Waals surface area contributed by atoms with Gasteiger partial charge in [0, 0.05) is 13.1 Å². The molecule has 2 amide bonds. The third kappa shape index (κ3) is 3.86. The number of rotatable bonds is 3. The number of amides is 2. The van der Waals surface area contributed by atoms with Gasteiger partial charge in [-0.2, -0.15) is 0 Å². The summed E-state index contributed by atoms with van der Waals surface area (Å²) in [4.78, 5) is 25.1. The molecule has 3 rings (SSSR count). The molecule has 0 aromatic heterocycles. The molecule has 1 aromatic rings. The zero-order valence-electron chi connectivity index (χ0n) is 14.3. The Morgan fingerprint density at radius 2 is 2.21 bits per heavy atom. The molecule has 0 spiro atoms. The second-order valence-corrected chi connectivity index (χ2v) is 6.33. The van der Waals surface area contributed by atoms with Crippen LogP contribution in [0.2, 0.25) is 0 Å². The number of carbonyl (C=O) groups excluding carboxylic acids is 2. The molecule has 1 saturated heterocycles. The largest absolute Gasteiger partial charge is 1.00 e. The first kappa shape index (κ1) is 19.9. The van der Waals surface area contributed by atoms with E-state index >= 15 is 0 Å². The fourth-order valence-corrected chi connectivity index (χ4v) is 3.43. The van der Waals surface area contributed by atoms with E-state index in [1.54, 1.807) is 6.92 Å². The van der Waals surface area contributed by atoms with Gasteiger partial charge < -0.3 is 24.9 Å². The number of carboxylic acids is 1. The van der Waals surface area contributed by atoms with Gasteiger partial charge >= 0.3 is 57.4 Å². The quantitative estimate of drug-likeness (QED) is 0.611. The van der Waals surface area contributed by atoms with Gasteiger partial charge in [-0.3, -0.25) is 0 Å². The maximum Gasteiger partial charge on any atom is 1.00 e. The zero-order valence-corrected chi connectivity index (χ0v) is 17.4. The first-order valence-corrected chi connectivity index (χ1v) is 7.96. The minimum atomic E-state index is -1.21. The molecule has 7 heteroatoms. The van der Waals surface area contributed by atoms with Crippen LogP contribution in [-0.4, -0.2) is 35.6 Å². The van der Waals surface area contributed by atoms with E-state index in [1.165, 1.54) is 10.5 Å².